The highest BCUT2D eigenvalue weighted by atomic mass is 35.5. The van der Waals surface area contributed by atoms with Crippen molar-refractivity contribution in [3.05, 3.63) is 105 Å². The molecular formula is C26H20ClN3O3. The van der Waals surface area contributed by atoms with Gasteiger partial charge in [0.15, 0.2) is 0 Å². The molecule has 6 nitrogen and oxygen atoms in total. The van der Waals surface area contributed by atoms with Gasteiger partial charge in [0.05, 0.1) is 6.54 Å². The second-order valence-corrected chi connectivity index (χ2v) is 8.44. The molecule has 0 atom stereocenters. The first-order valence-corrected chi connectivity index (χ1v) is 11.0. The fourth-order valence-corrected chi connectivity index (χ4v) is 4.24. The summed E-state index contributed by atoms with van der Waals surface area (Å²) in [7, 11) is 0. The van der Waals surface area contributed by atoms with Gasteiger partial charge in [0.25, 0.3) is 11.5 Å². The fourth-order valence-electron chi connectivity index (χ4n) is 4.12. The Bertz CT molecular complexity index is 1440. The molecule has 1 aliphatic rings. The van der Waals surface area contributed by atoms with Crippen LogP contribution in [0.3, 0.4) is 0 Å². The maximum atomic E-state index is 12.8. The van der Waals surface area contributed by atoms with E-state index < -0.39 is 5.91 Å². The summed E-state index contributed by atoms with van der Waals surface area (Å²) in [5, 5.41) is 4.74. The third-order valence-electron chi connectivity index (χ3n) is 5.79. The third-order valence-corrected chi connectivity index (χ3v) is 6.04. The van der Waals surface area contributed by atoms with Crippen LogP contribution < -0.4 is 15.8 Å². The van der Waals surface area contributed by atoms with Crippen LogP contribution in [-0.4, -0.2) is 16.8 Å². The monoisotopic (exact) mass is 457 g/mol. The predicted octanol–water partition coefficient (Wildman–Crippen LogP) is 4.91. The molecule has 0 radical (unpaired) electrons. The lowest BCUT2D eigenvalue weighted by atomic mass is 9.99. The van der Waals surface area contributed by atoms with Crippen LogP contribution in [0.5, 0.6) is 0 Å². The standard InChI is InChI=1S/C26H20ClN3O3/c27-19-8-5-16(6-9-19)15-30-23-11-10-20(13-18(23)7-12-24(30)31)28-26(33)22-14-17-3-1-2-4-21(17)25(32)29-22/h1-6,8-11,13-14H,7,12,15H2,(H,28,33)(H,29,32). The van der Waals surface area contributed by atoms with Crippen LogP contribution in [0.1, 0.15) is 28.0 Å². The van der Waals surface area contributed by atoms with Gasteiger partial charge >= 0.3 is 0 Å². The number of anilines is 2. The molecule has 3 aromatic carbocycles. The topological polar surface area (TPSA) is 82.3 Å². The SMILES string of the molecule is O=C(Nc1ccc2c(c1)CCC(=O)N2Cc1ccc(Cl)cc1)c1cc2ccccc2c(=O)[nH]1. The van der Waals surface area contributed by atoms with Gasteiger partial charge in [-0.05, 0) is 65.4 Å². The molecule has 164 valence electrons. The van der Waals surface area contributed by atoms with Crippen molar-refractivity contribution >= 4 is 45.6 Å². The van der Waals surface area contributed by atoms with E-state index in [9.17, 15) is 14.4 Å². The van der Waals surface area contributed by atoms with Crippen molar-refractivity contribution < 1.29 is 9.59 Å². The second-order valence-electron chi connectivity index (χ2n) is 8.00. The molecule has 0 saturated heterocycles. The van der Waals surface area contributed by atoms with E-state index >= 15 is 0 Å². The van der Waals surface area contributed by atoms with E-state index in [0.717, 1.165) is 16.8 Å². The molecule has 2 amide bonds. The average molecular weight is 458 g/mol. The van der Waals surface area contributed by atoms with Gasteiger partial charge < -0.3 is 15.2 Å². The van der Waals surface area contributed by atoms with Gasteiger partial charge in [-0.1, -0.05) is 41.9 Å². The summed E-state index contributed by atoms with van der Waals surface area (Å²) in [6.45, 7) is 0.451. The number of benzene rings is 3. The van der Waals surface area contributed by atoms with Crippen molar-refractivity contribution in [2.24, 2.45) is 0 Å². The number of carbonyl (C=O) groups excluding carboxylic acids is 2. The van der Waals surface area contributed by atoms with Crippen molar-refractivity contribution in [1.82, 2.24) is 4.98 Å². The highest BCUT2D eigenvalue weighted by molar-refractivity contribution is 6.30. The van der Waals surface area contributed by atoms with E-state index in [-0.39, 0.29) is 17.2 Å². The number of hydrogen-bond acceptors (Lipinski definition) is 3. The second kappa shape index (κ2) is 8.56. The summed E-state index contributed by atoms with van der Waals surface area (Å²) < 4.78 is 0. The summed E-state index contributed by atoms with van der Waals surface area (Å²) in [4.78, 5) is 42.1. The molecule has 0 spiro atoms. The van der Waals surface area contributed by atoms with Gasteiger partial charge in [-0.15, -0.1) is 0 Å². The molecule has 4 aromatic rings. The van der Waals surface area contributed by atoms with Crippen molar-refractivity contribution in [2.75, 3.05) is 10.2 Å². The summed E-state index contributed by atoms with van der Waals surface area (Å²) in [5.74, 6) is -0.342. The largest absolute Gasteiger partial charge is 0.321 e. The van der Waals surface area contributed by atoms with E-state index in [0.29, 0.717) is 40.9 Å². The summed E-state index contributed by atoms with van der Waals surface area (Å²) >= 11 is 5.97. The van der Waals surface area contributed by atoms with Crippen LogP contribution >= 0.6 is 11.6 Å². The number of fused-ring (bicyclic) bond motifs is 2. The molecular weight excluding hydrogens is 438 g/mol. The van der Waals surface area contributed by atoms with Crippen LogP contribution in [0.15, 0.2) is 77.6 Å². The maximum Gasteiger partial charge on any atom is 0.272 e. The van der Waals surface area contributed by atoms with Crippen molar-refractivity contribution in [3.63, 3.8) is 0 Å². The highest BCUT2D eigenvalue weighted by Gasteiger charge is 2.24. The molecule has 1 aromatic heterocycles. The Kier molecular flexibility index (Phi) is 5.44. The normalized spacial score (nSPS) is 13.1. The van der Waals surface area contributed by atoms with E-state index in [4.69, 9.17) is 11.6 Å². The summed E-state index contributed by atoms with van der Waals surface area (Å²) in [5.41, 5.74) is 3.29. The molecule has 0 unspecified atom stereocenters. The molecule has 0 aliphatic carbocycles. The smallest absolute Gasteiger partial charge is 0.272 e. The number of rotatable bonds is 4. The first-order chi connectivity index (χ1) is 16.0. The number of pyridine rings is 1. The number of H-pyrrole nitrogens is 1. The zero-order chi connectivity index (χ0) is 22.9. The molecule has 2 heterocycles. The fraction of sp³-hybridized carbons (Fsp3) is 0.115. The Labute approximate surface area is 194 Å². The Hall–Kier alpha value is -3.90. The van der Waals surface area contributed by atoms with Gasteiger partial charge in [-0.2, -0.15) is 0 Å². The lowest BCUT2D eigenvalue weighted by molar-refractivity contribution is -0.119. The minimum absolute atomic E-state index is 0.0583. The van der Waals surface area contributed by atoms with Crippen molar-refractivity contribution in [2.45, 2.75) is 19.4 Å². The molecule has 0 saturated carbocycles. The molecule has 33 heavy (non-hydrogen) atoms. The van der Waals surface area contributed by atoms with Crippen LogP contribution in [0, 0.1) is 0 Å². The quantitative estimate of drug-likeness (QED) is 0.456. The van der Waals surface area contributed by atoms with Gasteiger partial charge in [0.1, 0.15) is 5.69 Å². The number of aromatic nitrogens is 1. The lowest BCUT2D eigenvalue weighted by Crippen LogP contribution is -2.34. The van der Waals surface area contributed by atoms with Gasteiger partial charge in [0, 0.05) is 28.2 Å². The average Bonchev–Trinajstić information content (AvgIpc) is 2.82. The van der Waals surface area contributed by atoms with E-state index in [1.165, 1.54) is 0 Å². The number of amides is 2. The maximum absolute atomic E-state index is 12.8. The Balaban J connectivity index is 1.39. The lowest BCUT2D eigenvalue weighted by Gasteiger charge is -2.30. The van der Waals surface area contributed by atoms with Crippen LogP contribution in [-0.2, 0) is 17.8 Å². The summed E-state index contributed by atoms with van der Waals surface area (Å²) in [6.07, 6.45) is 0.998. The number of aromatic amines is 1. The zero-order valence-corrected chi connectivity index (χ0v) is 18.4. The third kappa shape index (κ3) is 4.25. The number of carbonyl (C=O) groups is 2. The van der Waals surface area contributed by atoms with Crippen LogP contribution in [0.25, 0.3) is 10.8 Å². The van der Waals surface area contributed by atoms with Gasteiger partial charge in [-0.25, -0.2) is 0 Å². The van der Waals surface area contributed by atoms with Crippen LogP contribution in [0.4, 0.5) is 11.4 Å². The molecule has 1 aliphatic heterocycles. The first-order valence-electron chi connectivity index (χ1n) is 10.6. The number of halogens is 1. The Morgan fingerprint density at radius 3 is 2.58 bits per heavy atom. The number of aryl methyl sites for hydroxylation is 1. The molecule has 7 heteroatoms. The van der Waals surface area contributed by atoms with E-state index in [1.807, 2.05) is 42.5 Å². The van der Waals surface area contributed by atoms with E-state index in [1.54, 1.807) is 35.2 Å². The molecule has 2 N–H and O–H groups in total. The highest BCUT2D eigenvalue weighted by Crippen LogP contribution is 2.32. The first kappa shape index (κ1) is 21.0. The Morgan fingerprint density at radius 2 is 1.76 bits per heavy atom. The van der Waals surface area contributed by atoms with E-state index in [2.05, 4.69) is 10.3 Å². The summed E-state index contributed by atoms with van der Waals surface area (Å²) in [6, 6.07) is 21.7. The molecule has 0 bridgehead atoms. The van der Waals surface area contributed by atoms with Crippen molar-refractivity contribution in [1.29, 1.82) is 0 Å². The molecule has 5 rings (SSSR count). The van der Waals surface area contributed by atoms with Crippen molar-refractivity contribution in [3.8, 4) is 0 Å². The number of hydrogen-bond donors (Lipinski definition) is 2. The number of nitrogens with zero attached hydrogens (tertiary/aromatic N) is 1. The van der Waals surface area contributed by atoms with Gasteiger partial charge in [0.2, 0.25) is 5.91 Å². The number of nitrogens with one attached hydrogen (secondary N) is 2. The van der Waals surface area contributed by atoms with Gasteiger partial charge in [-0.3, -0.25) is 14.4 Å². The minimum atomic E-state index is -0.400. The molecule has 0 fully saturated rings. The van der Waals surface area contributed by atoms with Crippen LogP contribution in [0.2, 0.25) is 5.02 Å². The minimum Gasteiger partial charge on any atom is -0.321 e. The Morgan fingerprint density at radius 1 is 0.970 bits per heavy atom. The predicted molar refractivity (Wildman–Crippen MR) is 130 cm³/mol. The zero-order valence-electron chi connectivity index (χ0n) is 17.6.